The highest BCUT2D eigenvalue weighted by Crippen LogP contribution is 2.13. The Morgan fingerprint density at radius 3 is 2.19 bits per heavy atom. The molecule has 0 saturated heterocycles. The molecule has 0 radical (unpaired) electrons. The lowest BCUT2D eigenvalue weighted by Crippen LogP contribution is -2.41. The average molecular weight is 293 g/mol. The number of aliphatic carboxylic acids is 1. The first-order chi connectivity index (χ1) is 9.79. The summed E-state index contributed by atoms with van der Waals surface area (Å²) in [4.78, 5) is 33.9. The summed E-state index contributed by atoms with van der Waals surface area (Å²) in [6.07, 6.45) is 0.354. The smallest absolute Gasteiger partial charge is 0.326 e. The topological polar surface area (TPSA) is 92.7 Å². The molecule has 1 rings (SSSR count). The normalized spacial score (nSPS) is 11.8. The lowest BCUT2D eigenvalue weighted by Gasteiger charge is -2.16. The molecule has 0 aromatic heterocycles. The largest absolute Gasteiger partial charge is 0.480 e. The molecular weight excluding hydrogens is 274 g/mol. The van der Waals surface area contributed by atoms with Crippen LogP contribution in [0.2, 0.25) is 0 Å². The summed E-state index contributed by atoms with van der Waals surface area (Å²) >= 11 is 0. The van der Waals surface area contributed by atoms with Crippen molar-refractivity contribution in [3.63, 3.8) is 0 Å². The van der Waals surface area contributed by atoms with Crippen molar-refractivity contribution in [1.82, 2.24) is 5.32 Å². The molecule has 1 atom stereocenters. The minimum atomic E-state index is -1.06. The number of carboxylic acid groups (broad SMARTS) is 1. The SMILES string of the molecule is CC(=O)Oc1ccc(C(=O)N[C@H](CC(C)C)C(=O)O)cc1. The average Bonchev–Trinajstić information content (AvgIpc) is 2.37. The van der Waals surface area contributed by atoms with Crippen LogP contribution >= 0.6 is 0 Å². The lowest BCUT2D eigenvalue weighted by molar-refractivity contribution is -0.139. The summed E-state index contributed by atoms with van der Waals surface area (Å²) in [5.74, 6) is -1.50. The number of rotatable bonds is 6. The maximum absolute atomic E-state index is 12.0. The highest BCUT2D eigenvalue weighted by Gasteiger charge is 2.21. The highest BCUT2D eigenvalue weighted by molar-refractivity contribution is 5.96. The Balaban J connectivity index is 2.73. The molecule has 2 N–H and O–H groups in total. The Kier molecular flexibility index (Phi) is 5.90. The van der Waals surface area contributed by atoms with Gasteiger partial charge in [0, 0.05) is 12.5 Å². The Hall–Kier alpha value is -2.37. The molecule has 114 valence electrons. The van der Waals surface area contributed by atoms with Gasteiger partial charge in [0.2, 0.25) is 0 Å². The van der Waals surface area contributed by atoms with Crippen molar-refractivity contribution in [3.05, 3.63) is 29.8 Å². The number of carbonyl (C=O) groups is 3. The first kappa shape index (κ1) is 16.7. The molecule has 0 bridgehead atoms. The molecule has 1 aromatic carbocycles. The molecule has 0 aliphatic carbocycles. The van der Waals surface area contributed by atoms with Gasteiger partial charge in [0.15, 0.2) is 0 Å². The summed E-state index contributed by atoms with van der Waals surface area (Å²) in [6, 6.07) is 4.98. The van der Waals surface area contributed by atoms with E-state index in [-0.39, 0.29) is 5.92 Å². The van der Waals surface area contributed by atoms with Crippen LogP contribution < -0.4 is 10.1 Å². The van der Waals surface area contributed by atoms with E-state index in [0.717, 1.165) is 0 Å². The third-order valence-electron chi connectivity index (χ3n) is 2.69. The first-order valence-electron chi connectivity index (χ1n) is 6.61. The zero-order valence-corrected chi connectivity index (χ0v) is 12.3. The lowest BCUT2D eigenvalue weighted by atomic mass is 10.0. The van der Waals surface area contributed by atoms with Crippen LogP contribution in [0.3, 0.4) is 0 Å². The number of hydrogen-bond acceptors (Lipinski definition) is 4. The summed E-state index contributed by atoms with van der Waals surface area (Å²) in [5, 5.41) is 11.6. The molecule has 0 spiro atoms. The highest BCUT2D eigenvalue weighted by atomic mass is 16.5. The second kappa shape index (κ2) is 7.42. The Labute approximate surface area is 123 Å². The van der Waals surface area contributed by atoms with Gasteiger partial charge < -0.3 is 15.2 Å². The van der Waals surface area contributed by atoms with Gasteiger partial charge in [-0.05, 0) is 36.6 Å². The third kappa shape index (κ3) is 5.64. The second-order valence-electron chi connectivity index (χ2n) is 5.11. The van der Waals surface area contributed by atoms with E-state index < -0.39 is 23.9 Å². The van der Waals surface area contributed by atoms with E-state index in [1.807, 2.05) is 13.8 Å². The number of amides is 1. The van der Waals surface area contributed by atoms with Gasteiger partial charge in [-0.15, -0.1) is 0 Å². The molecule has 21 heavy (non-hydrogen) atoms. The fourth-order valence-electron chi connectivity index (χ4n) is 1.77. The molecule has 1 aromatic rings. The molecule has 0 aliphatic rings. The monoisotopic (exact) mass is 293 g/mol. The third-order valence-corrected chi connectivity index (χ3v) is 2.69. The van der Waals surface area contributed by atoms with Gasteiger partial charge in [0.1, 0.15) is 11.8 Å². The molecular formula is C15H19NO5. The van der Waals surface area contributed by atoms with Crippen LogP contribution in [0, 0.1) is 5.92 Å². The number of carbonyl (C=O) groups excluding carboxylic acids is 2. The minimum absolute atomic E-state index is 0.151. The van der Waals surface area contributed by atoms with E-state index in [4.69, 9.17) is 9.84 Å². The standard InChI is InChI=1S/C15H19NO5/c1-9(2)8-13(15(19)20)16-14(18)11-4-6-12(7-5-11)21-10(3)17/h4-7,9,13H,8H2,1-3H3,(H,16,18)(H,19,20)/t13-/m1/s1. The van der Waals surface area contributed by atoms with Gasteiger partial charge in [0.05, 0.1) is 0 Å². The molecule has 0 unspecified atom stereocenters. The quantitative estimate of drug-likeness (QED) is 0.616. The summed E-state index contributed by atoms with van der Waals surface area (Å²) < 4.78 is 4.86. The number of carboxylic acids is 1. The number of esters is 1. The van der Waals surface area contributed by atoms with E-state index in [0.29, 0.717) is 17.7 Å². The molecule has 6 heteroatoms. The van der Waals surface area contributed by atoms with Crippen LogP contribution in [0.1, 0.15) is 37.6 Å². The summed E-state index contributed by atoms with van der Waals surface area (Å²) in [5.41, 5.74) is 0.306. The van der Waals surface area contributed by atoms with E-state index >= 15 is 0 Å². The van der Waals surface area contributed by atoms with Gasteiger partial charge in [-0.1, -0.05) is 13.8 Å². The maximum atomic E-state index is 12.0. The fraction of sp³-hybridized carbons (Fsp3) is 0.400. The van der Waals surface area contributed by atoms with Crippen molar-refractivity contribution in [2.45, 2.75) is 33.2 Å². The summed E-state index contributed by atoms with van der Waals surface area (Å²) in [7, 11) is 0. The van der Waals surface area contributed by atoms with Crippen molar-refractivity contribution in [2.24, 2.45) is 5.92 Å². The van der Waals surface area contributed by atoms with Crippen molar-refractivity contribution in [2.75, 3.05) is 0 Å². The van der Waals surface area contributed by atoms with Gasteiger partial charge in [-0.25, -0.2) is 4.79 Å². The zero-order chi connectivity index (χ0) is 16.0. The molecule has 1 amide bonds. The Bertz CT molecular complexity index is 521. The number of benzene rings is 1. The van der Waals surface area contributed by atoms with Crippen molar-refractivity contribution in [1.29, 1.82) is 0 Å². The van der Waals surface area contributed by atoms with E-state index in [1.54, 1.807) is 0 Å². The summed E-state index contributed by atoms with van der Waals surface area (Å²) in [6.45, 7) is 5.05. The predicted octanol–water partition coefficient (Wildman–Crippen LogP) is 1.84. The van der Waals surface area contributed by atoms with Crippen LogP contribution in [-0.4, -0.2) is 29.0 Å². The fourth-order valence-corrected chi connectivity index (χ4v) is 1.77. The van der Waals surface area contributed by atoms with Gasteiger partial charge in [0.25, 0.3) is 5.91 Å². The predicted molar refractivity (Wildman–Crippen MR) is 76.1 cm³/mol. The van der Waals surface area contributed by atoms with Crippen LogP contribution in [0.25, 0.3) is 0 Å². The van der Waals surface area contributed by atoms with E-state index in [1.165, 1.54) is 31.2 Å². The van der Waals surface area contributed by atoms with Gasteiger partial charge in [-0.2, -0.15) is 0 Å². The second-order valence-corrected chi connectivity index (χ2v) is 5.11. The minimum Gasteiger partial charge on any atom is -0.480 e. The van der Waals surface area contributed by atoms with Crippen LogP contribution in [0.15, 0.2) is 24.3 Å². The van der Waals surface area contributed by atoms with Gasteiger partial charge in [-0.3, -0.25) is 9.59 Å². The number of nitrogens with one attached hydrogen (secondary N) is 1. The van der Waals surface area contributed by atoms with Crippen molar-refractivity contribution >= 4 is 17.8 Å². The van der Waals surface area contributed by atoms with E-state index in [2.05, 4.69) is 5.32 Å². The molecule has 0 fully saturated rings. The van der Waals surface area contributed by atoms with Crippen LogP contribution in [0.5, 0.6) is 5.75 Å². The van der Waals surface area contributed by atoms with Crippen molar-refractivity contribution < 1.29 is 24.2 Å². The Morgan fingerprint density at radius 1 is 1.19 bits per heavy atom. The van der Waals surface area contributed by atoms with Crippen LogP contribution in [-0.2, 0) is 9.59 Å². The maximum Gasteiger partial charge on any atom is 0.326 e. The molecule has 6 nitrogen and oxygen atoms in total. The van der Waals surface area contributed by atoms with Crippen molar-refractivity contribution in [3.8, 4) is 5.75 Å². The zero-order valence-electron chi connectivity index (χ0n) is 12.3. The van der Waals surface area contributed by atoms with Gasteiger partial charge >= 0.3 is 11.9 Å². The first-order valence-corrected chi connectivity index (χ1v) is 6.61. The Morgan fingerprint density at radius 2 is 1.76 bits per heavy atom. The molecule has 0 heterocycles. The number of hydrogen-bond donors (Lipinski definition) is 2. The number of ether oxygens (including phenoxy) is 1. The van der Waals surface area contributed by atoms with E-state index in [9.17, 15) is 14.4 Å². The van der Waals surface area contributed by atoms with Crippen LogP contribution in [0.4, 0.5) is 0 Å². The molecule has 0 saturated carbocycles. The molecule has 0 aliphatic heterocycles.